The number of sulfonamides is 1. The molecule has 1 aliphatic heterocycles. The smallest absolute Gasteiger partial charge is 0.251 e. The van der Waals surface area contributed by atoms with Gasteiger partial charge in [0.15, 0.2) is 0 Å². The van der Waals surface area contributed by atoms with Gasteiger partial charge < -0.3 is 14.6 Å². The molecule has 0 radical (unpaired) electrons. The van der Waals surface area contributed by atoms with E-state index >= 15 is 0 Å². The number of nitrogens with zero attached hydrogens (tertiary/aromatic N) is 2. The number of hydrogen-bond acceptors (Lipinski definition) is 5. The Morgan fingerprint density at radius 1 is 1.19 bits per heavy atom. The summed E-state index contributed by atoms with van der Waals surface area (Å²) in [5.41, 5.74) is 2.33. The summed E-state index contributed by atoms with van der Waals surface area (Å²) in [7, 11) is -3.65. The molecule has 2 heterocycles. The molecule has 1 aliphatic rings. The SMILES string of the molecule is C[C@H](NC(=O)c1ccc(S(=O)(=O)NC[C@H]2CCCO2)cc1)c1ccc(-n2ccnc2)cc1. The molecule has 2 N–H and O–H groups in total. The number of amides is 1. The van der Waals surface area contributed by atoms with Gasteiger partial charge in [-0.15, -0.1) is 0 Å². The molecule has 1 aromatic heterocycles. The third-order valence-electron chi connectivity index (χ3n) is 5.50. The molecular weight excluding hydrogens is 428 g/mol. The first-order valence-electron chi connectivity index (χ1n) is 10.5. The molecule has 2 aromatic carbocycles. The van der Waals surface area contributed by atoms with Crippen molar-refractivity contribution in [2.24, 2.45) is 0 Å². The van der Waals surface area contributed by atoms with Gasteiger partial charge in [-0.3, -0.25) is 4.79 Å². The van der Waals surface area contributed by atoms with Crippen LogP contribution in [0.3, 0.4) is 0 Å². The minimum atomic E-state index is -3.65. The Bertz CT molecular complexity index is 1140. The van der Waals surface area contributed by atoms with E-state index < -0.39 is 10.0 Å². The summed E-state index contributed by atoms with van der Waals surface area (Å²) in [6, 6.07) is 13.5. The molecule has 0 saturated carbocycles. The van der Waals surface area contributed by atoms with Crippen molar-refractivity contribution < 1.29 is 17.9 Å². The second kappa shape index (κ2) is 9.64. The molecule has 3 aromatic rings. The van der Waals surface area contributed by atoms with Crippen molar-refractivity contribution in [2.45, 2.75) is 36.8 Å². The standard InChI is InChI=1S/C23H26N4O4S/c1-17(18-4-8-20(9-5-18)27-13-12-24-16-27)26-23(28)19-6-10-22(11-7-19)32(29,30)25-15-21-3-2-14-31-21/h4-13,16-17,21,25H,2-3,14-15H2,1H3,(H,26,28)/t17-,21+/m0/s1. The fourth-order valence-electron chi connectivity index (χ4n) is 3.59. The Hall–Kier alpha value is -3.01. The van der Waals surface area contributed by atoms with E-state index in [2.05, 4.69) is 15.0 Å². The maximum atomic E-state index is 12.6. The maximum Gasteiger partial charge on any atom is 0.251 e. The summed E-state index contributed by atoms with van der Waals surface area (Å²) in [6.45, 7) is 2.82. The average Bonchev–Trinajstić information content (AvgIpc) is 3.52. The number of imidazole rings is 1. The lowest BCUT2D eigenvalue weighted by atomic mass is 10.1. The van der Waals surface area contributed by atoms with Gasteiger partial charge in [0.05, 0.1) is 23.4 Å². The van der Waals surface area contributed by atoms with Crippen molar-refractivity contribution in [1.82, 2.24) is 19.6 Å². The van der Waals surface area contributed by atoms with Crippen LogP contribution in [0.4, 0.5) is 0 Å². The van der Waals surface area contributed by atoms with Crippen molar-refractivity contribution >= 4 is 15.9 Å². The van der Waals surface area contributed by atoms with Crippen LogP contribution < -0.4 is 10.0 Å². The zero-order chi connectivity index (χ0) is 22.6. The lowest BCUT2D eigenvalue weighted by molar-refractivity contribution is 0.0939. The highest BCUT2D eigenvalue weighted by atomic mass is 32.2. The Labute approximate surface area is 187 Å². The monoisotopic (exact) mass is 454 g/mol. The average molecular weight is 455 g/mol. The van der Waals surface area contributed by atoms with Crippen LogP contribution in [0.25, 0.3) is 5.69 Å². The third-order valence-corrected chi connectivity index (χ3v) is 6.93. The fourth-order valence-corrected chi connectivity index (χ4v) is 4.65. The molecule has 8 nitrogen and oxygen atoms in total. The Morgan fingerprint density at radius 3 is 2.56 bits per heavy atom. The second-order valence-corrected chi connectivity index (χ2v) is 9.53. The zero-order valence-electron chi connectivity index (χ0n) is 17.8. The summed E-state index contributed by atoms with van der Waals surface area (Å²) in [5, 5.41) is 2.95. The molecule has 0 aliphatic carbocycles. The van der Waals surface area contributed by atoms with Crippen LogP contribution >= 0.6 is 0 Å². The molecular formula is C23H26N4O4S. The van der Waals surface area contributed by atoms with Crippen molar-refractivity contribution in [2.75, 3.05) is 13.2 Å². The van der Waals surface area contributed by atoms with Crippen LogP contribution in [0, 0.1) is 0 Å². The first-order chi connectivity index (χ1) is 15.4. The van der Waals surface area contributed by atoms with Crippen molar-refractivity contribution in [3.8, 4) is 5.69 Å². The molecule has 9 heteroatoms. The van der Waals surface area contributed by atoms with E-state index in [0.717, 1.165) is 24.1 Å². The first kappa shape index (κ1) is 22.2. The molecule has 32 heavy (non-hydrogen) atoms. The van der Waals surface area contributed by atoms with E-state index in [0.29, 0.717) is 12.2 Å². The van der Waals surface area contributed by atoms with Gasteiger partial charge in [0, 0.05) is 36.8 Å². The highest BCUT2D eigenvalue weighted by Gasteiger charge is 2.21. The van der Waals surface area contributed by atoms with E-state index in [1.165, 1.54) is 24.3 Å². The van der Waals surface area contributed by atoms with Crippen LogP contribution in [0.1, 0.15) is 41.7 Å². The molecule has 1 fully saturated rings. The number of aromatic nitrogens is 2. The van der Waals surface area contributed by atoms with Gasteiger partial charge in [-0.05, 0) is 61.7 Å². The Kier molecular flexibility index (Phi) is 6.69. The lowest BCUT2D eigenvalue weighted by Gasteiger charge is -2.15. The number of benzene rings is 2. The zero-order valence-corrected chi connectivity index (χ0v) is 18.6. The summed E-state index contributed by atoms with van der Waals surface area (Å²) in [6.07, 6.45) is 7.03. The van der Waals surface area contributed by atoms with Gasteiger partial charge in [-0.25, -0.2) is 18.1 Å². The molecule has 4 rings (SSSR count). The quantitative estimate of drug-likeness (QED) is 0.545. The predicted molar refractivity (Wildman–Crippen MR) is 120 cm³/mol. The minimum Gasteiger partial charge on any atom is -0.377 e. The van der Waals surface area contributed by atoms with Gasteiger partial charge in [-0.1, -0.05) is 12.1 Å². The van der Waals surface area contributed by atoms with Crippen LogP contribution in [0.5, 0.6) is 0 Å². The Balaban J connectivity index is 1.35. The molecule has 1 saturated heterocycles. The van der Waals surface area contributed by atoms with E-state index in [1.807, 2.05) is 42.0 Å². The molecule has 2 atom stereocenters. The lowest BCUT2D eigenvalue weighted by Crippen LogP contribution is -2.32. The number of carbonyl (C=O) groups is 1. The molecule has 0 unspecified atom stereocenters. The number of ether oxygens (including phenoxy) is 1. The Morgan fingerprint density at radius 2 is 1.94 bits per heavy atom. The minimum absolute atomic E-state index is 0.0784. The van der Waals surface area contributed by atoms with Crippen LogP contribution in [0.15, 0.2) is 72.1 Å². The van der Waals surface area contributed by atoms with Crippen molar-refractivity contribution in [1.29, 1.82) is 0 Å². The van der Waals surface area contributed by atoms with Gasteiger partial charge in [-0.2, -0.15) is 0 Å². The predicted octanol–water partition coefficient (Wildman–Crippen LogP) is 2.82. The van der Waals surface area contributed by atoms with Crippen LogP contribution in [-0.2, 0) is 14.8 Å². The highest BCUT2D eigenvalue weighted by molar-refractivity contribution is 7.89. The van der Waals surface area contributed by atoms with Gasteiger partial charge in [0.2, 0.25) is 10.0 Å². The topological polar surface area (TPSA) is 102 Å². The van der Waals surface area contributed by atoms with Gasteiger partial charge >= 0.3 is 0 Å². The van der Waals surface area contributed by atoms with Gasteiger partial charge in [0.1, 0.15) is 0 Å². The summed E-state index contributed by atoms with van der Waals surface area (Å²) in [5.74, 6) is -0.271. The van der Waals surface area contributed by atoms with Crippen molar-refractivity contribution in [3.63, 3.8) is 0 Å². The second-order valence-electron chi connectivity index (χ2n) is 7.77. The number of hydrogen-bond donors (Lipinski definition) is 2. The summed E-state index contributed by atoms with van der Waals surface area (Å²) >= 11 is 0. The number of carbonyl (C=O) groups excluding carboxylic acids is 1. The van der Waals surface area contributed by atoms with E-state index in [-0.39, 0.29) is 29.5 Å². The molecule has 168 valence electrons. The molecule has 0 spiro atoms. The van der Waals surface area contributed by atoms with Crippen LogP contribution in [0.2, 0.25) is 0 Å². The largest absolute Gasteiger partial charge is 0.377 e. The summed E-state index contributed by atoms with van der Waals surface area (Å²) in [4.78, 5) is 16.8. The molecule has 0 bridgehead atoms. The normalized spacial score (nSPS) is 17.2. The fraction of sp³-hybridized carbons (Fsp3) is 0.304. The van der Waals surface area contributed by atoms with E-state index in [4.69, 9.17) is 4.74 Å². The van der Waals surface area contributed by atoms with Crippen molar-refractivity contribution in [3.05, 3.63) is 78.4 Å². The van der Waals surface area contributed by atoms with Gasteiger partial charge in [0.25, 0.3) is 5.91 Å². The number of nitrogens with one attached hydrogen (secondary N) is 2. The molecule has 1 amide bonds. The number of rotatable bonds is 8. The third kappa shape index (κ3) is 5.24. The van der Waals surface area contributed by atoms with Crippen LogP contribution in [-0.4, -0.2) is 43.1 Å². The maximum absolute atomic E-state index is 12.6. The highest BCUT2D eigenvalue weighted by Crippen LogP contribution is 2.18. The van der Waals surface area contributed by atoms with E-state index in [1.54, 1.807) is 12.5 Å². The van der Waals surface area contributed by atoms with E-state index in [9.17, 15) is 13.2 Å². The summed E-state index contributed by atoms with van der Waals surface area (Å²) < 4.78 is 34.9. The first-order valence-corrected chi connectivity index (χ1v) is 12.0.